The summed E-state index contributed by atoms with van der Waals surface area (Å²) in [7, 11) is 0. The van der Waals surface area contributed by atoms with Gasteiger partial charge in [0.25, 0.3) is 5.91 Å². The molecule has 27 heavy (non-hydrogen) atoms. The molecule has 0 N–H and O–H groups in total. The molecule has 3 rings (SSSR count). The molecule has 0 bridgehead atoms. The van der Waals surface area contributed by atoms with E-state index < -0.39 is 0 Å². The minimum atomic E-state index is -0.0235. The number of nitrogens with zero attached hydrogens (tertiary/aromatic N) is 3. The van der Waals surface area contributed by atoms with E-state index in [1.54, 1.807) is 33.6 Å². The van der Waals surface area contributed by atoms with E-state index in [0.29, 0.717) is 6.54 Å². The first-order valence-corrected chi connectivity index (χ1v) is 10.5. The molecule has 0 saturated heterocycles. The van der Waals surface area contributed by atoms with E-state index in [9.17, 15) is 4.79 Å². The summed E-state index contributed by atoms with van der Waals surface area (Å²) in [5.74, 6) is -0.0235. The molecule has 7 heteroatoms. The van der Waals surface area contributed by atoms with Crippen molar-refractivity contribution in [3.63, 3.8) is 0 Å². The average molecular weight is 422 g/mol. The Balaban J connectivity index is 0.00000261. The Bertz CT molecular complexity index is 839. The van der Waals surface area contributed by atoms with Gasteiger partial charge in [0.2, 0.25) is 0 Å². The van der Waals surface area contributed by atoms with Crippen LogP contribution in [0.2, 0.25) is 0 Å². The number of hydrogen-bond acceptors (Lipinski definition) is 5. The predicted octanol–water partition coefficient (Wildman–Crippen LogP) is 5.17. The lowest BCUT2D eigenvalue weighted by Crippen LogP contribution is -2.38. The molecular formula is C20H24ClN3OS2. The molecule has 2 heterocycles. The lowest BCUT2D eigenvalue weighted by atomic mass is 10.3. The molecule has 0 atom stereocenters. The molecule has 144 valence electrons. The number of hydrogen-bond donors (Lipinski definition) is 0. The molecule has 1 aromatic carbocycles. The standard InChI is InChI=1S/C20H23N3OS2.ClH/c1-3-22(4-2)13-14-23(19(24)12-11-16-8-7-15-25-16)20-21-17-9-5-6-10-18(17)26-20;/h5-12,15H,3-4,13-14H2,1-2H3;1H. The monoisotopic (exact) mass is 421 g/mol. The summed E-state index contributed by atoms with van der Waals surface area (Å²) in [6.07, 6.45) is 3.53. The zero-order valence-electron chi connectivity index (χ0n) is 15.5. The maximum atomic E-state index is 12.9. The zero-order valence-corrected chi connectivity index (χ0v) is 17.9. The summed E-state index contributed by atoms with van der Waals surface area (Å²) < 4.78 is 1.10. The van der Waals surface area contributed by atoms with Crippen LogP contribution in [0.15, 0.2) is 47.9 Å². The second-order valence-corrected chi connectivity index (χ2v) is 7.82. The largest absolute Gasteiger partial charge is 0.302 e. The highest BCUT2D eigenvalue weighted by Crippen LogP contribution is 2.29. The summed E-state index contributed by atoms with van der Waals surface area (Å²) in [5.41, 5.74) is 0.940. The van der Waals surface area contributed by atoms with Crippen LogP contribution in [0.25, 0.3) is 16.3 Å². The molecule has 0 fully saturated rings. The van der Waals surface area contributed by atoms with E-state index in [0.717, 1.165) is 39.9 Å². The molecule has 0 aliphatic carbocycles. The van der Waals surface area contributed by atoms with Gasteiger partial charge in [-0.15, -0.1) is 23.7 Å². The molecular weight excluding hydrogens is 398 g/mol. The van der Waals surface area contributed by atoms with E-state index in [-0.39, 0.29) is 18.3 Å². The first kappa shape index (κ1) is 21.6. The van der Waals surface area contributed by atoms with Crippen molar-refractivity contribution in [3.8, 4) is 0 Å². The molecule has 0 saturated carbocycles. The van der Waals surface area contributed by atoms with Gasteiger partial charge in [-0.1, -0.05) is 43.4 Å². The molecule has 0 spiro atoms. The van der Waals surface area contributed by atoms with Gasteiger partial charge in [-0.05, 0) is 42.7 Å². The van der Waals surface area contributed by atoms with Gasteiger partial charge in [0.15, 0.2) is 5.13 Å². The van der Waals surface area contributed by atoms with Crippen molar-refractivity contribution in [2.45, 2.75) is 13.8 Å². The second kappa shape index (κ2) is 10.6. The first-order valence-electron chi connectivity index (χ1n) is 8.82. The lowest BCUT2D eigenvalue weighted by Gasteiger charge is -2.23. The van der Waals surface area contributed by atoms with E-state index >= 15 is 0 Å². The number of thiazole rings is 1. The van der Waals surface area contributed by atoms with Gasteiger partial charge in [0, 0.05) is 24.0 Å². The number of aromatic nitrogens is 1. The van der Waals surface area contributed by atoms with Crippen LogP contribution < -0.4 is 4.90 Å². The molecule has 1 amide bonds. The van der Waals surface area contributed by atoms with E-state index in [2.05, 4.69) is 23.7 Å². The van der Waals surface area contributed by atoms with Crippen LogP contribution in [0.4, 0.5) is 5.13 Å². The normalized spacial score (nSPS) is 11.2. The summed E-state index contributed by atoms with van der Waals surface area (Å²) in [5, 5.41) is 2.77. The minimum Gasteiger partial charge on any atom is -0.302 e. The van der Waals surface area contributed by atoms with Crippen LogP contribution in [0.5, 0.6) is 0 Å². The fraction of sp³-hybridized carbons (Fsp3) is 0.300. The van der Waals surface area contributed by atoms with Crippen molar-refractivity contribution in [2.75, 3.05) is 31.1 Å². The van der Waals surface area contributed by atoms with Crippen LogP contribution >= 0.6 is 35.1 Å². The highest BCUT2D eigenvalue weighted by Gasteiger charge is 2.18. The van der Waals surface area contributed by atoms with Crippen LogP contribution in [0.1, 0.15) is 18.7 Å². The van der Waals surface area contributed by atoms with Crippen molar-refractivity contribution >= 4 is 62.4 Å². The maximum Gasteiger partial charge on any atom is 0.252 e. The Hall–Kier alpha value is -1.73. The van der Waals surface area contributed by atoms with Crippen molar-refractivity contribution < 1.29 is 4.79 Å². The number of carbonyl (C=O) groups is 1. The topological polar surface area (TPSA) is 36.4 Å². The van der Waals surface area contributed by atoms with Crippen LogP contribution in [0.3, 0.4) is 0 Å². The molecule has 2 aromatic heterocycles. The smallest absolute Gasteiger partial charge is 0.252 e. The number of halogens is 1. The molecule has 4 nitrogen and oxygen atoms in total. The average Bonchev–Trinajstić information content (AvgIpc) is 3.32. The fourth-order valence-corrected chi connectivity index (χ4v) is 4.30. The van der Waals surface area contributed by atoms with E-state index in [1.165, 1.54) is 0 Å². The van der Waals surface area contributed by atoms with Crippen LogP contribution in [-0.4, -0.2) is 42.0 Å². The van der Waals surface area contributed by atoms with Gasteiger partial charge in [0.1, 0.15) is 0 Å². The van der Waals surface area contributed by atoms with Crippen LogP contribution in [-0.2, 0) is 4.79 Å². The summed E-state index contributed by atoms with van der Waals surface area (Å²) in [4.78, 5) is 22.8. The quantitative estimate of drug-likeness (QED) is 0.471. The SMILES string of the molecule is CCN(CC)CCN(C(=O)C=Cc1cccs1)c1nc2ccccc2s1.Cl. The van der Waals surface area contributed by atoms with Gasteiger partial charge in [-0.2, -0.15) is 0 Å². The van der Waals surface area contributed by atoms with Gasteiger partial charge in [-0.25, -0.2) is 4.98 Å². The molecule has 0 aliphatic heterocycles. The molecule has 0 aliphatic rings. The Kier molecular flexibility index (Phi) is 8.44. The number of rotatable bonds is 8. The number of likely N-dealkylation sites (N-methyl/N-ethyl adjacent to an activating group) is 1. The Morgan fingerprint density at radius 1 is 1.11 bits per heavy atom. The second-order valence-electron chi connectivity index (χ2n) is 5.83. The Morgan fingerprint density at radius 2 is 1.89 bits per heavy atom. The number of carbonyl (C=O) groups excluding carboxylic acids is 1. The van der Waals surface area contributed by atoms with Crippen molar-refractivity contribution in [3.05, 3.63) is 52.7 Å². The number of fused-ring (bicyclic) bond motifs is 1. The third-order valence-electron chi connectivity index (χ3n) is 4.25. The number of para-hydroxylation sites is 1. The summed E-state index contributed by atoms with van der Waals surface area (Å²) >= 11 is 3.19. The van der Waals surface area contributed by atoms with Gasteiger partial charge in [-0.3, -0.25) is 9.69 Å². The molecule has 0 unspecified atom stereocenters. The number of anilines is 1. The number of benzene rings is 1. The predicted molar refractivity (Wildman–Crippen MR) is 120 cm³/mol. The Morgan fingerprint density at radius 3 is 2.56 bits per heavy atom. The number of thiophene rings is 1. The van der Waals surface area contributed by atoms with E-state index in [4.69, 9.17) is 0 Å². The highest BCUT2D eigenvalue weighted by molar-refractivity contribution is 7.22. The Labute approximate surface area is 174 Å². The van der Waals surface area contributed by atoms with Gasteiger partial charge in [0.05, 0.1) is 10.2 Å². The third-order valence-corrected chi connectivity index (χ3v) is 6.14. The minimum absolute atomic E-state index is 0. The van der Waals surface area contributed by atoms with Crippen LogP contribution in [0, 0.1) is 0 Å². The van der Waals surface area contributed by atoms with E-state index in [1.807, 2.05) is 47.9 Å². The van der Waals surface area contributed by atoms with Crippen molar-refractivity contribution in [1.82, 2.24) is 9.88 Å². The van der Waals surface area contributed by atoms with Crippen molar-refractivity contribution in [1.29, 1.82) is 0 Å². The van der Waals surface area contributed by atoms with Gasteiger partial charge >= 0.3 is 0 Å². The lowest BCUT2D eigenvalue weighted by molar-refractivity contribution is -0.114. The molecule has 0 radical (unpaired) electrons. The fourth-order valence-electron chi connectivity index (χ4n) is 2.69. The van der Waals surface area contributed by atoms with Gasteiger partial charge < -0.3 is 4.90 Å². The third kappa shape index (κ3) is 5.62. The highest BCUT2D eigenvalue weighted by atomic mass is 35.5. The van der Waals surface area contributed by atoms with Crippen molar-refractivity contribution in [2.24, 2.45) is 0 Å². The molecule has 3 aromatic rings. The summed E-state index contributed by atoms with van der Waals surface area (Å²) in [6, 6.07) is 12.0. The zero-order chi connectivity index (χ0) is 18.4. The number of amides is 1. The summed E-state index contributed by atoms with van der Waals surface area (Å²) in [6.45, 7) is 7.71. The first-order chi connectivity index (χ1) is 12.7. The maximum absolute atomic E-state index is 12.9.